The zero-order valence-electron chi connectivity index (χ0n) is 13.0. The molecule has 0 radical (unpaired) electrons. The van der Waals surface area contributed by atoms with E-state index in [0.29, 0.717) is 6.04 Å². The molecule has 0 aromatic carbocycles. The minimum Gasteiger partial charge on any atom is -0.383 e. The second-order valence-corrected chi connectivity index (χ2v) is 5.83. The third-order valence-corrected chi connectivity index (χ3v) is 4.50. The van der Waals surface area contributed by atoms with E-state index in [0.717, 1.165) is 26.3 Å². The molecule has 0 heterocycles. The standard InChI is InChI=1S/C15H32N2O2/c1-14(12-19-3)17(10-11-18-2)15(13-16)8-6-4-5-7-9-15/h14H,4-13,16H2,1-3H3. The van der Waals surface area contributed by atoms with Crippen LogP contribution in [-0.4, -0.2) is 57.0 Å². The maximum absolute atomic E-state index is 6.19. The highest BCUT2D eigenvalue weighted by Crippen LogP contribution is 2.33. The average molecular weight is 272 g/mol. The van der Waals surface area contributed by atoms with Crippen molar-refractivity contribution in [3.63, 3.8) is 0 Å². The molecule has 1 aliphatic carbocycles. The van der Waals surface area contributed by atoms with E-state index in [1.165, 1.54) is 38.5 Å². The Hall–Kier alpha value is -0.160. The van der Waals surface area contributed by atoms with Gasteiger partial charge in [0.2, 0.25) is 0 Å². The summed E-state index contributed by atoms with van der Waals surface area (Å²) in [6, 6.07) is 0.391. The van der Waals surface area contributed by atoms with Crippen LogP contribution in [-0.2, 0) is 9.47 Å². The van der Waals surface area contributed by atoms with Crippen LogP contribution >= 0.6 is 0 Å². The molecule has 0 spiro atoms. The minimum absolute atomic E-state index is 0.146. The van der Waals surface area contributed by atoms with Crippen molar-refractivity contribution in [2.75, 3.05) is 40.5 Å². The quantitative estimate of drug-likeness (QED) is 0.687. The van der Waals surface area contributed by atoms with Crippen LogP contribution in [0, 0.1) is 0 Å². The molecule has 1 aliphatic rings. The number of hydrogen-bond donors (Lipinski definition) is 1. The van der Waals surface area contributed by atoms with Gasteiger partial charge in [-0.3, -0.25) is 4.90 Å². The molecule has 0 saturated heterocycles. The van der Waals surface area contributed by atoms with Crippen LogP contribution in [0.5, 0.6) is 0 Å². The minimum atomic E-state index is 0.146. The Morgan fingerprint density at radius 2 is 1.74 bits per heavy atom. The molecule has 0 amide bonds. The van der Waals surface area contributed by atoms with Gasteiger partial charge in [-0.15, -0.1) is 0 Å². The van der Waals surface area contributed by atoms with Crippen molar-refractivity contribution in [3.05, 3.63) is 0 Å². The van der Waals surface area contributed by atoms with Crippen molar-refractivity contribution in [1.29, 1.82) is 0 Å². The Bertz CT molecular complexity index is 228. The smallest absolute Gasteiger partial charge is 0.0615 e. The van der Waals surface area contributed by atoms with E-state index in [9.17, 15) is 0 Å². The first-order valence-corrected chi connectivity index (χ1v) is 7.65. The molecule has 1 saturated carbocycles. The first-order valence-electron chi connectivity index (χ1n) is 7.65. The summed E-state index contributed by atoms with van der Waals surface area (Å²) in [4.78, 5) is 2.55. The van der Waals surface area contributed by atoms with Gasteiger partial charge in [-0.1, -0.05) is 25.7 Å². The number of nitrogens with zero attached hydrogens (tertiary/aromatic N) is 1. The van der Waals surface area contributed by atoms with Crippen molar-refractivity contribution in [1.82, 2.24) is 4.90 Å². The molecule has 2 N–H and O–H groups in total. The monoisotopic (exact) mass is 272 g/mol. The lowest BCUT2D eigenvalue weighted by Crippen LogP contribution is -2.58. The van der Waals surface area contributed by atoms with Crippen LogP contribution in [0.15, 0.2) is 0 Å². The van der Waals surface area contributed by atoms with E-state index in [4.69, 9.17) is 15.2 Å². The van der Waals surface area contributed by atoms with Crippen LogP contribution in [0.25, 0.3) is 0 Å². The number of ether oxygens (including phenoxy) is 2. The summed E-state index contributed by atoms with van der Waals surface area (Å²) in [7, 11) is 3.54. The van der Waals surface area contributed by atoms with Gasteiger partial charge in [0.15, 0.2) is 0 Å². The van der Waals surface area contributed by atoms with Crippen molar-refractivity contribution in [3.8, 4) is 0 Å². The third kappa shape index (κ3) is 4.71. The van der Waals surface area contributed by atoms with Crippen LogP contribution in [0.1, 0.15) is 45.4 Å². The molecule has 0 aliphatic heterocycles. The van der Waals surface area contributed by atoms with E-state index in [2.05, 4.69) is 11.8 Å². The first-order chi connectivity index (χ1) is 9.20. The van der Waals surface area contributed by atoms with Crippen LogP contribution in [0.4, 0.5) is 0 Å². The Morgan fingerprint density at radius 1 is 1.11 bits per heavy atom. The molecule has 0 aromatic rings. The van der Waals surface area contributed by atoms with Gasteiger partial charge in [0, 0.05) is 38.9 Å². The zero-order valence-corrected chi connectivity index (χ0v) is 13.0. The van der Waals surface area contributed by atoms with Gasteiger partial charge in [0.1, 0.15) is 0 Å². The van der Waals surface area contributed by atoms with Crippen molar-refractivity contribution in [2.45, 2.75) is 57.0 Å². The fourth-order valence-corrected chi connectivity index (χ4v) is 3.44. The van der Waals surface area contributed by atoms with Crippen molar-refractivity contribution in [2.24, 2.45) is 5.73 Å². The summed E-state index contributed by atoms with van der Waals surface area (Å²) < 4.78 is 10.6. The lowest BCUT2D eigenvalue weighted by atomic mass is 9.87. The Morgan fingerprint density at radius 3 is 2.21 bits per heavy atom. The summed E-state index contributed by atoms with van der Waals surface area (Å²) in [5, 5.41) is 0. The highest BCUT2D eigenvalue weighted by Gasteiger charge is 2.37. The zero-order chi connectivity index (χ0) is 14.1. The second-order valence-electron chi connectivity index (χ2n) is 5.83. The lowest BCUT2D eigenvalue weighted by molar-refractivity contribution is -0.00845. The molecule has 19 heavy (non-hydrogen) atoms. The number of methoxy groups -OCH3 is 2. The van der Waals surface area contributed by atoms with Crippen LogP contribution < -0.4 is 5.73 Å². The van der Waals surface area contributed by atoms with Gasteiger partial charge in [0.25, 0.3) is 0 Å². The molecule has 0 bridgehead atoms. The molecule has 0 aromatic heterocycles. The summed E-state index contributed by atoms with van der Waals surface area (Å²) in [5.41, 5.74) is 6.34. The van der Waals surface area contributed by atoms with Gasteiger partial charge in [-0.2, -0.15) is 0 Å². The molecule has 114 valence electrons. The van der Waals surface area contributed by atoms with Crippen molar-refractivity contribution >= 4 is 0 Å². The van der Waals surface area contributed by atoms with Crippen molar-refractivity contribution < 1.29 is 9.47 Å². The largest absolute Gasteiger partial charge is 0.383 e. The molecule has 1 atom stereocenters. The van der Waals surface area contributed by atoms with E-state index in [1.807, 2.05) is 0 Å². The maximum Gasteiger partial charge on any atom is 0.0615 e. The summed E-state index contributed by atoms with van der Waals surface area (Å²) in [5.74, 6) is 0. The van der Waals surface area contributed by atoms with E-state index in [1.54, 1.807) is 14.2 Å². The SMILES string of the molecule is COCCN(C(C)COC)C1(CN)CCCCCC1. The van der Waals surface area contributed by atoms with E-state index in [-0.39, 0.29) is 5.54 Å². The molecule has 4 heteroatoms. The number of rotatable bonds is 8. The van der Waals surface area contributed by atoms with Gasteiger partial charge in [0.05, 0.1) is 13.2 Å². The molecular weight excluding hydrogens is 240 g/mol. The normalized spacial score (nSPS) is 21.3. The summed E-state index contributed by atoms with van der Waals surface area (Å²) in [6.07, 6.45) is 7.69. The highest BCUT2D eigenvalue weighted by atomic mass is 16.5. The first kappa shape index (κ1) is 16.9. The Kier molecular flexibility index (Phi) is 7.91. The van der Waals surface area contributed by atoms with E-state index >= 15 is 0 Å². The molecule has 4 nitrogen and oxygen atoms in total. The number of hydrogen-bond acceptors (Lipinski definition) is 4. The molecule has 1 fully saturated rings. The topological polar surface area (TPSA) is 47.7 Å². The highest BCUT2D eigenvalue weighted by molar-refractivity contribution is 4.95. The summed E-state index contributed by atoms with van der Waals surface area (Å²) >= 11 is 0. The lowest BCUT2D eigenvalue weighted by Gasteiger charge is -2.46. The molecular formula is C15H32N2O2. The van der Waals surface area contributed by atoms with Crippen LogP contribution in [0.3, 0.4) is 0 Å². The molecule has 1 rings (SSSR count). The predicted molar refractivity (Wildman–Crippen MR) is 79.4 cm³/mol. The second kappa shape index (κ2) is 8.90. The van der Waals surface area contributed by atoms with Gasteiger partial charge in [-0.05, 0) is 19.8 Å². The molecule has 1 unspecified atom stereocenters. The predicted octanol–water partition coefficient (Wildman–Crippen LogP) is 2.02. The Labute approximate surface area is 118 Å². The van der Waals surface area contributed by atoms with Gasteiger partial charge < -0.3 is 15.2 Å². The maximum atomic E-state index is 6.19. The fraction of sp³-hybridized carbons (Fsp3) is 1.00. The third-order valence-electron chi connectivity index (χ3n) is 4.50. The Balaban J connectivity index is 2.82. The summed E-state index contributed by atoms with van der Waals surface area (Å²) in [6.45, 7) is 5.44. The van der Waals surface area contributed by atoms with Crippen LogP contribution in [0.2, 0.25) is 0 Å². The fourth-order valence-electron chi connectivity index (χ4n) is 3.44. The number of nitrogens with two attached hydrogens (primary N) is 1. The van der Waals surface area contributed by atoms with E-state index < -0.39 is 0 Å². The average Bonchev–Trinajstić information content (AvgIpc) is 2.66. The van der Waals surface area contributed by atoms with Gasteiger partial charge in [-0.25, -0.2) is 0 Å². The van der Waals surface area contributed by atoms with Gasteiger partial charge >= 0.3 is 0 Å².